The summed E-state index contributed by atoms with van der Waals surface area (Å²) in [5.74, 6) is 0.302. The van der Waals surface area contributed by atoms with Gasteiger partial charge in [0.05, 0.1) is 24.4 Å². The van der Waals surface area contributed by atoms with E-state index in [4.69, 9.17) is 9.26 Å². The minimum atomic E-state index is -0.386. The van der Waals surface area contributed by atoms with Crippen LogP contribution in [0, 0.1) is 13.8 Å². The molecule has 2 atom stereocenters. The van der Waals surface area contributed by atoms with E-state index in [0.29, 0.717) is 17.8 Å². The van der Waals surface area contributed by atoms with Crippen LogP contribution in [0.1, 0.15) is 50.1 Å². The molecule has 3 rings (SSSR count). The number of hydrogen-bond acceptors (Lipinski definition) is 5. The summed E-state index contributed by atoms with van der Waals surface area (Å²) in [4.78, 5) is 27.1. The SMILES string of the molecule is COC(=O)C1=C(c2c(C)noc2C)C[C@@H]2CC[C@H]1N2C(=O)NC(C)C. The van der Waals surface area contributed by atoms with Crippen molar-refractivity contribution in [3.05, 3.63) is 22.6 Å². The summed E-state index contributed by atoms with van der Waals surface area (Å²) in [6.07, 6.45) is 2.23. The number of amides is 2. The Morgan fingerprint density at radius 1 is 1.32 bits per heavy atom. The van der Waals surface area contributed by atoms with Crippen LogP contribution in [0.5, 0.6) is 0 Å². The number of nitrogens with zero attached hydrogens (tertiary/aromatic N) is 2. The standard InChI is InChI=1S/C18H25N3O4/c1-9(2)19-18(23)21-12-6-7-14(21)16(17(22)24-5)13(8-12)15-10(3)20-25-11(15)4/h9,12,14H,6-8H2,1-5H3,(H,19,23)/t12-,14+/m0/s1. The Balaban J connectivity index is 2.08. The van der Waals surface area contributed by atoms with Gasteiger partial charge in [-0.05, 0) is 52.5 Å². The summed E-state index contributed by atoms with van der Waals surface area (Å²) < 4.78 is 10.4. The van der Waals surface area contributed by atoms with Gasteiger partial charge < -0.3 is 19.5 Å². The molecule has 1 aromatic rings. The number of fused-ring (bicyclic) bond motifs is 2. The lowest BCUT2D eigenvalue weighted by Crippen LogP contribution is -2.52. The second-order valence-corrected chi connectivity index (χ2v) is 7.05. The first-order chi connectivity index (χ1) is 11.8. The van der Waals surface area contributed by atoms with Gasteiger partial charge in [-0.1, -0.05) is 5.16 Å². The number of nitrogens with one attached hydrogen (secondary N) is 1. The zero-order valence-corrected chi connectivity index (χ0v) is 15.4. The summed E-state index contributed by atoms with van der Waals surface area (Å²) in [5, 5.41) is 6.97. The molecule has 1 saturated heterocycles. The predicted molar refractivity (Wildman–Crippen MR) is 91.8 cm³/mol. The summed E-state index contributed by atoms with van der Waals surface area (Å²) in [6, 6.07) is -0.280. The van der Waals surface area contributed by atoms with Crippen molar-refractivity contribution >= 4 is 17.6 Å². The van der Waals surface area contributed by atoms with Gasteiger partial charge >= 0.3 is 12.0 Å². The summed E-state index contributed by atoms with van der Waals surface area (Å²) in [5.41, 5.74) is 3.10. The second kappa shape index (κ2) is 6.54. The van der Waals surface area contributed by atoms with Gasteiger partial charge in [0.15, 0.2) is 0 Å². The second-order valence-electron chi connectivity index (χ2n) is 7.05. The number of methoxy groups -OCH3 is 1. The minimum absolute atomic E-state index is 0.0430. The molecule has 0 saturated carbocycles. The summed E-state index contributed by atoms with van der Waals surface area (Å²) in [7, 11) is 1.37. The maximum absolute atomic E-state index is 12.7. The molecule has 2 aliphatic rings. The molecule has 3 heterocycles. The Labute approximate surface area is 147 Å². The predicted octanol–water partition coefficient (Wildman–Crippen LogP) is 2.57. The summed E-state index contributed by atoms with van der Waals surface area (Å²) >= 11 is 0. The van der Waals surface area contributed by atoms with Crippen molar-refractivity contribution in [2.45, 2.75) is 65.1 Å². The first-order valence-corrected chi connectivity index (χ1v) is 8.68. The highest BCUT2D eigenvalue weighted by Gasteiger charge is 2.47. The number of aryl methyl sites for hydroxylation is 2. The van der Waals surface area contributed by atoms with Crippen LogP contribution in [0.15, 0.2) is 10.1 Å². The molecule has 2 bridgehead atoms. The Bertz CT molecular complexity index is 715. The van der Waals surface area contributed by atoms with E-state index in [1.165, 1.54) is 7.11 Å². The van der Waals surface area contributed by atoms with Crippen molar-refractivity contribution < 1.29 is 18.8 Å². The van der Waals surface area contributed by atoms with Gasteiger partial charge in [0.1, 0.15) is 5.76 Å². The molecule has 1 fully saturated rings. The molecular weight excluding hydrogens is 322 g/mol. The first kappa shape index (κ1) is 17.5. The van der Waals surface area contributed by atoms with Crippen molar-refractivity contribution in [3.63, 3.8) is 0 Å². The van der Waals surface area contributed by atoms with Gasteiger partial charge in [-0.2, -0.15) is 0 Å². The van der Waals surface area contributed by atoms with Crippen LogP contribution in [0.2, 0.25) is 0 Å². The number of carbonyl (C=O) groups excluding carboxylic acids is 2. The number of ether oxygens (including phenoxy) is 1. The molecule has 25 heavy (non-hydrogen) atoms. The number of urea groups is 1. The lowest BCUT2D eigenvalue weighted by atomic mass is 9.87. The average Bonchev–Trinajstić information content (AvgIpc) is 3.04. The molecular formula is C18H25N3O4. The fourth-order valence-corrected chi connectivity index (χ4v) is 4.06. The number of aromatic nitrogens is 1. The maximum Gasteiger partial charge on any atom is 0.336 e. The highest BCUT2D eigenvalue weighted by Crippen LogP contribution is 2.44. The van der Waals surface area contributed by atoms with E-state index in [-0.39, 0.29) is 30.1 Å². The van der Waals surface area contributed by atoms with Gasteiger partial charge in [-0.25, -0.2) is 9.59 Å². The zero-order valence-electron chi connectivity index (χ0n) is 15.4. The van der Waals surface area contributed by atoms with Crippen LogP contribution in [0.3, 0.4) is 0 Å². The maximum atomic E-state index is 12.7. The zero-order chi connectivity index (χ0) is 18.3. The van der Waals surface area contributed by atoms with Crippen molar-refractivity contribution in [3.8, 4) is 0 Å². The van der Waals surface area contributed by atoms with Crippen molar-refractivity contribution in [2.24, 2.45) is 0 Å². The first-order valence-electron chi connectivity index (χ1n) is 8.68. The fourth-order valence-electron chi connectivity index (χ4n) is 4.06. The van der Waals surface area contributed by atoms with Gasteiger partial charge in [-0.15, -0.1) is 0 Å². The molecule has 1 aromatic heterocycles. The van der Waals surface area contributed by atoms with Crippen LogP contribution >= 0.6 is 0 Å². The van der Waals surface area contributed by atoms with E-state index >= 15 is 0 Å². The Hall–Kier alpha value is -2.31. The molecule has 0 radical (unpaired) electrons. The highest BCUT2D eigenvalue weighted by molar-refractivity contribution is 6.01. The number of esters is 1. The lowest BCUT2D eigenvalue weighted by molar-refractivity contribution is -0.136. The number of carbonyl (C=O) groups is 2. The van der Waals surface area contributed by atoms with Gasteiger partial charge in [0.25, 0.3) is 0 Å². The average molecular weight is 347 g/mol. The molecule has 7 heteroatoms. The molecule has 136 valence electrons. The van der Waals surface area contributed by atoms with Crippen molar-refractivity contribution in [1.82, 2.24) is 15.4 Å². The fraction of sp³-hybridized carbons (Fsp3) is 0.611. The Morgan fingerprint density at radius 2 is 2.04 bits per heavy atom. The summed E-state index contributed by atoms with van der Waals surface area (Å²) in [6.45, 7) is 7.57. The van der Waals surface area contributed by atoms with E-state index in [1.54, 1.807) is 0 Å². The molecule has 7 nitrogen and oxygen atoms in total. The third-order valence-corrected chi connectivity index (χ3v) is 4.99. The largest absolute Gasteiger partial charge is 0.466 e. The molecule has 2 aliphatic heterocycles. The molecule has 0 aromatic carbocycles. The third-order valence-electron chi connectivity index (χ3n) is 4.99. The normalized spacial score (nSPS) is 22.6. The van der Waals surface area contributed by atoms with Crippen LogP contribution in [0.25, 0.3) is 5.57 Å². The molecule has 1 N–H and O–H groups in total. The Morgan fingerprint density at radius 3 is 2.60 bits per heavy atom. The Kier molecular flexibility index (Phi) is 4.58. The lowest BCUT2D eigenvalue weighted by Gasteiger charge is -2.37. The van der Waals surface area contributed by atoms with Gasteiger partial charge in [-0.3, -0.25) is 0 Å². The monoisotopic (exact) mass is 347 g/mol. The number of hydrogen-bond donors (Lipinski definition) is 1. The molecule has 0 unspecified atom stereocenters. The van der Waals surface area contributed by atoms with Gasteiger partial charge in [0.2, 0.25) is 0 Å². The van der Waals surface area contributed by atoms with Crippen LogP contribution in [-0.2, 0) is 9.53 Å². The molecule has 2 amide bonds. The third kappa shape index (κ3) is 2.92. The van der Waals surface area contributed by atoms with E-state index < -0.39 is 0 Å². The smallest absolute Gasteiger partial charge is 0.336 e. The van der Waals surface area contributed by atoms with Crippen molar-refractivity contribution in [1.29, 1.82) is 0 Å². The molecule has 0 spiro atoms. The number of rotatable bonds is 3. The van der Waals surface area contributed by atoms with E-state index in [1.807, 2.05) is 32.6 Å². The van der Waals surface area contributed by atoms with E-state index in [2.05, 4.69) is 10.5 Å². The van der Waals surface area contributed by atoms with E-state index in [0.717, 1.165) is 29.7 Å². The highest BCUT2D eigenvalue weighted by atomic mass is 16.5. The minimum Gasteiger partial charge on any atom is -0.466 e. The van der Waals surface area contributed by atoms with Crippen LogP contribution < -0.4 is 5.32 Å². The van der Waals surface area contributed by atoms with Crippen LogP contribution in [-0.4, -0.2) is 47.3 Å². The quantitative estimate of drug-likeness (QED) is 0.850. The topological polar surface area (TPSA) is 84.7 Å². The molecule has 0 aliphatic carbocycles. The van der Waals surface area contributed by atoms with E-state index in [9.17, 15) is 9.59 Å². The van der Waals surface area contributed by atoms with Gasteiger partial charge in [0, 0.05) is 17.6 Å². The van der Waals surface area contributed by atoms with Crippen LogP contribution in [0.4, 0.5) is 4.79 Å². The van der Waals surface area contributed by atoms with Crippen molar-refractivity contribution in [2.75, 3.05) is 7.11 Å².